The molecule has 3 unspecified atom stereocenters. The number of halogens is 1. The predicted octanol–water partition coefficient (Wildman–Crippen LogP) is 3.35. The molecule has 0 bridgehead atoms. The molecule has 2 fully saturated rings. The van der Waals surface area contributed by atoms with Crippen molar-refractivity contribution in [3.05, 3.63) is 0 Å². The van der Waals surface area contributed by atoms with Crippen molar-refractivity contribution in [1.82, 2.24) is 4.90 Å². The third kappa shape index (κ3) is 4.11. The number of rotatable bonds is 3. The lowest BCUT2D eigenvalue weighted by molar-refractivity contribution is -0.140. The Morgan fingerprint density at radius 2 is 2.05 bits per heavy atom. The second kappa shape index (κ2) is 7.65. The van der Waals surface area contributed by atoms with E-state index in [9.17, 15) is 4.79 Å². The van der Waals surface area contributed by atoms with Gasteiger partial charge in [0.2, 0.25) is 5.91 Å². The maximum Gasteiger partial charge on any atom is 0.227 e. The van der Waals surface area contributed by atoms with Crippen LogP contribution in [-0.4, -0.2) is 29.4 Å². The Hall–Kier alpha value is -0.280. The molecule has 1 aliphatic carbocycles. The first-order valence-electron chi connectivity index (χ1n) is 8.12. The van der Waals surface area contributed by atoms with Gasteiger partial charge in [-0.25, -0.2) is 0 Å². The number of hydrogen-bond acceptors (Lipinski definition) is 2. The standard InChI is InChI=1S/C16H30N2O.ClH/c1-3-7-13-8-6-11-18(12-13)15(19)14-9-4-5-10-16(14,2)17;/h13-14H,3-12,17H2,1-2H3;1H. The van der Waals surface area contributed by atoms with Crippen LogP contribution >= 0.6 is 12.4 Å². The number of nitrogens with two attached hydrogens (primary N) is 1. The second-order valence-electron chi connectivity index (χ2n) is 6.89. The predicted molar refractivity (Wildman–Crippen MR) is 86.0 cm³/mol. The summed E-state index contributed by atoms with van der Waals surface area (Å²) in [6.07, 6.45) is 9.27. The molecular formula is C16H31ClN2O. The lowest BCUT2D eigenvalue weighted by atomic mass is 9.73. The molecule has 1 amide bonds. The quantitative estimate of drug-likeness (QED) is 0.869. The van der Waals surface area contributed by atoms with Gasteiger partial charge in [0.1, 0.15) is 0 Å². The fourth-order valence-corrected chi connectivity index (χ4v) is 3.89. The summed E-state index contributed by atoms with van der Waals surface area (Å²) in [5, 5.41) is 0. The van der Waals surface area contributed by atoms with Crippen molar-refractivity contribution in [1.29, 1.82) is 0 Å². The molecule has 0 aromatic rings. The van der Waals surface area contributed by atoms with E-state index in [1.165, 1.54) is 32.1 Å². The van der Waals surface area contributed by atoms with Gasteiger partial charge in [0, 0.05) is 18.6 Å². The molecule has 0 radical (unpaired) electrons. The fourth-order valence-electron chi connectivity index (χ4n) is 3.89. The topological polar surface area (TPSA) is 46.3 Å². The average Bonchev–Trinajstić information content (AvgIpc) is 2.38. The van der Waals surface area contributed by atoms with E-state index in [0.717, 1.165) is 38.3 Å². The summed E-state index contributed by atoms with van der Waals surface area (Å²) in [7, 11) is 0. The highest BCUT2D eigenvalue weighted by molar-refractivity contribution is 5.85. The highest BCUT2D eigenvalue weighted by atomic mass is 35.5. The molecule has 0 aromatic heterocycles. The minimum absolute atomic E-state index is 0. The lowest BCUT2D eigenvalue weighted by Gasteiger charge is -2.42. The molecule has 0 aromatic carbocycles. The molecule has 3 atom stereocenters. The monoisotopic (exact) mass is 302 g/mol. The number of hydrogen-bond donors (Lipinski definition) is 1. The molecule has 2 N–H and O–H groups in total. The number of carbonyl (C=O) groups is 1. The zero-order valence-corrected chi connectivity index (χ0v) is 13.9. The average molecular weight is 303 g/mol. The second-order valence-corrected chi connectivity index (χ2v) is 6.89. The highest BCUT2D eigenvalue weighted by Crippen LogP contribution is 2.34. The molecule has 118 valence electrons. The zero-order chi connectivity index (χ0) is 13.9. The molecule has 1 aliphatic heterocycles. The summed E-state index contributed by atoms with van der Waals surface area (Å²) in [5.74, 6) is 1.11. The van der Waals surface area contributed by atoms with Crippen LogP contribution in [0.25, 0.3) is 0 Å². The van der Waals surface area contributed by atoms with Crippen molar-refractivity contribution < 1.29 is 4.79 Å². The normalized spacial score (nSPS) is 34.5. The molecule has 2 rings (SSSR count). The Kier molecular flexibility index (Phi) is 6.80. The third-order valence-corrected chi connectivity index (χ3v) is 5.08. The summed E-state index contributed by atoms with van der Waals surface area (Å²) in [6.45, 7) is 6.23. The number of carbonyl (C=O) groups excluding carboxylic acids is 1. The highest BCUT2D eigenvalue weighted by Gasteiger charge is 2.40. The largest absolute Gasteiger partial charge is 0.342 e. The van der Waals surface area contributed by atoms with Gasteiger partial charge in [-0.1, -0.05) is 26.2 Å². The SMILES string of the molecule is CCCC1CCCN(C(=O)C2CCCCC2(C)N)C1.Cl. The van der Waals surface area contributed by atoms with Gasteiger partial charge in [-0.15, -0.1) is 12.4 Å². The van der Waals surface area contributed by atoms with Gasteiger partial charge in [-0.2, -0.15) is 0 Å². The van der Waals surface area contributed by atoms with E-state index in [2.05, 4.69) is 18.7 Å². The third-order valence-electron chi connectivity index (χ3n) is 5.08. The number of nitrogens with zero attached hydrogens (tertiary/aromatic N) is 1. The Bertz CT molecular complexity index is 318. The van der Waals surface area contributed by atoms with E-state index >= 15 is 0 Å². The molecule has 20 heavy (non-hydrogen) atoms. The van der Waals surface area contributed by atoms with Crippen molar-refractivity contribution in [2.45, 2.75) is 70.8 Å². The minimum atomic E-state index is -0.285. The van der Waals surface area contributed by atoms with Crippen LogP contribution < -0.4 is 5.73 Å². The zero-order valence-electron chi connectivity index (χ0n) is 13.1. The van der Waals surface area contributed by atoms with Crippen LogP contribution in [0.2, 0.25) is 0 Å². The van der Waals surface area contributed by atoms with Gasteiger partial charge in [0.05, 0.1) is 5.92 Å². The van der Waals surface area contributed by atoms with Crippen molar-refractivity contribution in [2.75, 3.05) is 13.1 Å². The number of likely N-dealkylation sites (tertiary alicyclic amines) is 1. The van der Waals surface area contributed by atoms with Gasteiger partial charge in [0.15, 0.2) is 0 Å². The summed E-state index contributed by atoms with van der Waals surface area (Å²) >= 11 is 0. The van der Waals surface area contributed by atoms with Gasteiger partial charge < -0.3 is 10.6 Å². The van der Waals surface area contributed by atoms with Crippen LogP contribution in [0.1, 0.15) is 65.2 Å². The first kappa shape index (κ1) is 17.8. The van der Waals surface area contributed by atoms with E-state index in [-0.39, 0.29) is 23.9 Å². The molecule has 1 saturated carbocycles. The molecule has 1 heterocycles. The fraction of sp³-hybridized carbons (Fsp3) is 0.938. The van der Waals surface area contributed by atoms with Crippen molar-refractivity contribution in [2.24, 2.45) is 17.6 Å². The Balaban J connectivity index is 0.00000200. The first-order valence-corrected chi connectivity index (χ1v) is 8.12. The smallest absolute Gasteiger partial charge is 0.227 e. The van der Waals surface area contributed by atoms with E-state index in [1.54, 1.807) is 0 Å². The van der Waals surface area contributed by atoms with Crippen LogP contribution in [-0.2, 0) is 4.79 Å². The maximum atomic E-state index is 12.8. The van der Waals surface area contributed by atoms with Gasteiger partial charge in [-0.3, -0.25) is 4.79 Å². The maximum absolute atomic E-state index is 12.8. The van der Waals surface area contributed by atoms with E-state index in [1.807, 2.05) is 0 Å². The van der Waals surface area contributed by atoms with Crippen molar-refractivity contribution in [3.8, 4) is 0 Å². The van der Waals surface area contributed by atoms with E-state index in [0.29, 0.717) is 5.91 Å². The summed E-state index contributed by atoms with van der Waals surface area (Å²) < 4.78 is 0. The lowest BCUT2D eigenvalue weighted by Crippen LogP contribution is -2.55. The number of piperidine rings is 1. The van der Waals surface area contributed by atoms with Crippen molar-refractivity contribution in [3.63, 3.8) is 0 Å². The number of amides is 1. The van der Waals surface area contributed by atoms with Crippen LogP contribution in [0.15, 0.2) is 0 Å². The van der Waals surface area contributed by atoms with Gasteiger partial charge in [-0.05, 0) is 44.9 Å². The van der Waals surface area contributed by atoms with Crippen LogP contribution in [0.4, 0.5) is 0 Å². The Morgan fingerprint density at radius 3 is 2.70 bits per heavy atom. The van der Waals surface area contributed by atoms with Gasteiger partial charge in [0.25, 0.3) is 0 Å². The van der Waals surface area contributed by atoms with E-state index in [4.69, 9.17) is 5.73 Å². The summed E-state index contributed by atoms with van der Waals surface area (Å²) in [4.78, 5) is 14.9. The summed E-state index contributed by atoms with van der Waals surface area (Å²) in [6, 6.07) is 0. The Morgan fingerprint density at radius 1 is 1.30 bits per heavy atom. The molecule has 4 heteroatoms. The van der Waals surface area contributed by atoms with E-state index < -0.39 is 0 Å². The van der Waals surface area contributed by atoms with Crippen LogP contribution in [0.5, 0.6) is 0 Å². The first-order chi connectivity index (χ1) is 9.04. The Labute approximate surface area is 130 Å². The molecule has 1 saturated heterocycles. The van der Waals surface area contributed by atoms with Crippen LogP contribution in [0, 0.1) is 11.8 Å². The molecule has 3 nitrogen and oxygen atoms in total. The molecule has 2 aliphatic rings. The van der Waals surface area contributed by atoms with Crippen LogP contribution in [0.3, 0.4) is 0 Å². The van der Waals surface area contributed by atoms with Gasteiger partial charge >= 0.3 is 0 Å². The molecular weight excluding hydrogens is 272 g/mol. The minimum Gasteiger partial charge on any atom is -0.342 e. The van der Waals surface area contributed by atoms with Crippen molar-refractivity contribution >= 4 is 18.3 Å². The molecule has 0 spiro atoms. The summed E-state index contributed by atoms with van der Waals surface area (Å²) in [5.41, 5.74) is 6.09.